The molecule has 1 aliphatic heterocycles. The zero-order valence-corrected chi connectivity index (χ0v) is 9.52. The van der Waals surface area contributed by atoms with Crippen LogP contribution in [0.3, 0.4) is 0 Å². The van der Waals surface area contributed by atoms with Crippen LogP contribution in [0.4, 0.5) is 0 Å². The van der Waals surface area contributed by atoms with E-state index in [1.807, 2.05) is 0 Å². The van der Waals surface area contributed by atoms with E-state index in [-0.39, 0.29) is 17.8 Å². The van der Waals surface area contributed by atoms with E-state index in [1.54, 1.807) is 0 Å². The largest absolute Gasteiger partial charge is 0.475 e. The summed E-state index contributed by atoms with van der Waals surface area (Å²) in [5.41, 5.74) is 0.613. The molecule has 3 rings (SSSR count). The molecule has 1 aromatic heterocycles. The Bertz CT molecular complexity index is 430. The zero-order valence-electron chi connectivity index (χ0n) is 9.52. The summed E-state index contributed by atoms with van der Waals surface area (Å²) in [5, 5.41) is 9.08. The quantitative estimate of drug-likeness (QED) is 0.874. The zero-order chi connectivity index (χ0) is 11.8. The molecular weight excluding hydrogens is 222 g/mol. The number of hydrogen-bond donors (Lipinski definition) is 1. The second-order valence-corrected chi connectivity index (χ2v) is 4.70. The highest BCUT2D eigenvalue weighted by Gasteiger charge is 2.35. The Morgan fingerprint density at radius 3 is 2.71 bits per heavy atom. The molecule has 5 heteroatoms. The van der Waals surface area contributed by atoms with Gasteiger partial charge in [0.15, 0.2) is 0 Å². The highest BCUT2D eigenvalue weighted by Crippen LogP contribution is 2.42. The van der Waals surface area contributed by atoms with Gasteiger partial charge in [-0.25, -0.2) is 9.78 Å². The standard InChI is InChI=1S/C12H15NO4/c14-12(15)10-9(7-4-5-7)13-11(17-10)8-3-1-2-6-16-8/h7-8H,1-6H2,(H,14,15). The van der Waals surface area contributed by atoms with Crippen LogP contribution in [0.5, 0.6) is 0 Å². The van der Waals surface area contributed by atoms with Gasteiger partial charge in [0.1, 0.15) is 6.10 Å². The first kappa shape index (κ1) is 10.8. The van der Waals surface area contributed by atoms with Crippen molar-refractivity contribution in [1.29, 1.82) is 0 Å². The van der Waals surface area contributed by atoms with Gasteiger partial charge in [-0.1, -0.05) is 0 Å². The van der Waals surface area contributed by atoms with Gasteiger partial charge in [0.25, 0.3) is 0 Å². The van der Waals surface area contributed by atoms with Crippen molar-refractivity contribution in [2.24, 2.45) is 0 Å². The molecule has 2 heterocycles. The molecule has 0 amide bonds. The van der Waals surface area contributed by atoms with Crippen molar-refractivity contribution in [3.8, 4) is 0 Å². The Balaban J connectivity index is 1.89. The molecule has 1 unspecified atom stereocenters. The second kappa shape index (κ2) is 4.14. The van der Waals surface area contributed by atoms with Crippen molar-refractivity contribution >= 4 is 5.97 Å². The van der Waals surface area contributed by atoms with Crippen molar-refractivity contribution in [3.05, 3.63) is 17.3 Å². The van der Waals surface area contributed by atoms with E-state index < -0.39 is 5.97 Å². The number of hydrogen-bond acceptors (Lipinski definition) is 4. The Morgan fingerprint density at radius 2 is 2.12 bits per heavy atom. The van der Waals surface area contributed by atoms with Crippen LogP contribution in [0.15, 0.2) is 4.42 Å². The maximum atomic E-state index is 11.1. The Labute approximate surface area is 98.8 Å². The van der Waals surface area contributed by atoms with E-state index in [9.17, 15) is 4.79 Å². The van der Waals surface area contributed by atoms with E-state index in [0.717, 1.165) is 32.1 Å². The lowest BCUT2D eigenvalue weighted by molar-refractivity contribution is -0.00229. The van der Waals surface area contributed by atoms with Gasteiger partial charge < -0.3 is 14.3 Å². The van der Waals surface area contributed by atoms with Crippen LogP contribution >= 0.6 is 0 Å². The Hall–Kier alpha value is -1.36. The van der Waals surface area contributed by atoms with Gasteiger partial charge in [0.05, 0.1) is 5.69 Å². The lowest BCUT2D eigenvalue weighted by Crippen LogP contribution is -2.11. The van der Waals surface area contributed by atoms with E-state index in [0.29, 0.717) is 18.2 Å². The van der Waals surface area contributed by atoms with E-state index >= 15 is 0 Å². The number of carboxylic acids is 1. The average Bonchev–Trinajstić information content (AvgIpc) is 3.09. The van der Waals surface area contributed by atoms with Crippen LogP contribution in [-0.2, 0) is 4.74 Å². The number of nitrogens with zero attached hydrogens (tertiary/aromatic N) is 1. The van der Waals surface area contributed by atoms with Crippen LogP contribution in [-0.4, -0.2) is 22.7 Å². The van der Waals surface area contributed by atoms with Gasteiger partial charge in [0, 0.05) is 12.5 Å². The Kier molecular flexibility index (Phi) is 2.63. The van der Waals surface area contributed by atoms with Crippen molar-refractivity contribution in [2.75, 3.05) is 6.61 Å². The molecule has 1 saturated heterocycles. The fourth-order valence-corrected chi connectivity index (χ4v) is 2.21. The monoisotopic (exact) mass is 237 g/mol. The first-order valence-electron chi connectivity index (χ1n) is 6.11. The number of carbonyl (C=O) groups is 1. The molecule has 1 atom stereocenters. The normalized spacial score (nSPS) is 24.8. The molecular formula is C12H15NO4. The summed E-state index contributed by atoms with van der Waals surface area (Å²) in [5.74, 6) is -0.288. The molecule has 2 aliphatic rings. The molecule has 1 aliphatic carbocycles. The van der Waals surface area contributed by atoms with Gasteiger partial charge in [-0.2, -0.15) is 0 Å². The van der Waals surface area contributed by atoms with Crippen molar-refractivity contribution in [2.45, 2.75) is 44.1 Å². The third-order valence-corrected chi connectivity index (χ3v) is 3.28. The maximum Gasteiger partial charge on any atom is 0.373 e. The highest BCUT2D eigenvalue weighted by molar-refractivity contribution is 5.86. The minimum absolute atomic E-state index is 0.0108. The van der Waals surface area contributed by atoms with E-state index in [4.69, 9.17) is 14.3 Å². The van der Waals surface area contributed by atoms with Crippen molar-refractivity contribution in [3.63, 3.8) is 0 Å². The number of oxazole rings is 1. The van der Waals surface area contributed by atoms with Crippen LogP contribution in [0.2, 0.25) is 0 Å². The third-order valence-electron chi connectivity index (χ3n) is 3.28. The molecule has 1 N–H and O–H groups in total. The second-order valence-electron chi connectivity index (χ2n) is 4.70. The fourth-order valence-electron chi connectivity index (χ4n) is 2.21. The van der Waals surface area contributed by atoms with Gasteiger partial charge in [0.2, 0.25) is 11.7 Å². The summed E-state index contributed by atoms with van der Waals surface area (Å²) in [6.45, 7) is 0.703. The summed E-state index contributed by atoms with van der Waals surface area (Å²) in [4.78, 5) is 15.4. The molecule has 2 fully saturated rings. The molecule has 1 aromatic rings. The average molecular weight is 237 g/mol. The molecule has 0 aromatic carbocycles. The van der Waals surface area contributed by atoms with Gasteiger partial charge in [-0.05, 0) is 32.1 Å². The van der Waals surface area contributed by atoms with Gasteiger partial charge in [-0.3, -0.25) is 0 Å². The minimum atomic E-state index is -1.03. The predicted molar refractivity (Wildman–Crippen MR) is 58.0 cm³/mol. The highest BCUT2D eigenvalue weighted by atomic mass is 16.5. The molecule has 1 saturated carbocycles. The summed E-state index contributed by atoms with van der Waals surface area (Å²) < 4.78 is 10.9. The predicted octanol–water partition coefficient (Wildman–Crippen LogP) is 2.49. The minimum Gasteiger partial charge on any atom is -0.475 e. The first-order valence-corrected chi connectivity index (χ1v) is 6.11. The number of carboxylic acid groups (broad SMARTS) is 1. The Morgan fingerprint density at radius 1 is 1.29 bits per heavy atom. The molecule has 0 spiro atoms. The summed E-state index contributed by atoms with van der Waals surface area (Å²) in [6, 6.07) is 0. The van der Waals surface area contributed by atoms with Crippen molar-refractivity contribution < 1.29 is 19.1 Å². The number of aromatic carboxylic acids is 1. The van der Waals surface area contributed by atoms with Gasteiger partial charge in [-0.15, -0.1) is 0 Å². The van der Waals surface area contributed by atoms with Crippen molar-refractivity contribution in [1.82, 2.24) is 4.98 Å². The van der Waals surface area contributed by atoms with Crippen LogP contribution in [0.25, 0.3) is 0 Å². The van der Waals surface area contributed by atoms with E-state index in [1.165, 1.54) is 0 Å². The van der Waals surface area contributed by atoms with Gasteiger partial charge >= 0.3 is 5.97 Å². The topological polar surface area (TPSA) is 72.6 Å². The smallest absolute Gasteiger partial charge is 0.373 e. The maximum absolute atomic E-state index is 11.1. The molecule has 0 bridgehead atoms. The SMILES string of the molecule is O=C(O)c1oc(C2CCCCO2)nc1C1CC1. The molecule has 17 heavy (non-hydrogen) atoms. The fraction of sp³-hybridized carbons (Fsp3) is 0.667. The molecule has 5 nitrogen and oxygen atoms in total. The summed E-state index contributed by atoms with van der Waals surface area (Å²) >= 11 is 0. The van der Waals surface area contributed by atoms with Crippen LogP contribution in [0, 0.1) is 0 Å². The number of ether oxygens (including phenoxy) is 1. The first-order chi connectivity index (χ1) is 8.25. The molecule has 0 radical (unpaired) electrons. The lowest BCUT2D eigenvalue weighted by atomic mass is 10.1. The van der Waals surface area contributed by atoms with Crippen LogP contribution in [0.1, 0.15) is 66.3 Å². The number of rotatable bonds is 3. The summed E-state index contributed by atoms with van der Waals surface area (Å²) in [6.07, 6.45) is 4.86. The number of aromatic nitrogens is 1. The summed E-state index contributed by atoms with van der Waals surface area (Å²) in [7, 11) is 0. The van der Waals surface area contributed by atoms with Crippen LogP contribution < -0.4 is 0 Å². The van der Waals surface area contributed by atoms with E-state index in [2.05, 4.69) is 4.98 Å². The lowest BCUT2D eigenvalue weighted by Gasteiger charge is -2.19. The third kappa shape index (κ3) is 2.07. The molecule has 92 valence electrons.